The molecule has 0 aliphatic carbocycles. The van der Waals surface area contributed by atoms with Crippen molar-refractivity contribution in [3.8, 4) is 0 Å². The second-order valence-corrected chi connectivity index (χ2v) is 13.5. The molecule has 0 unspecified atom stereocenters. The highest BCUT2D eigenvalue weighted by Crippen LogP contribution is 2.26. The molecule has 39 heavy (non-hydrogen) atoms. The molecule has 0 bridgehead atoms. The average Bonchev–Trinajstić information content (AvgIpc) is 2.98. The number of hydrogen-bond acceptors (Lipinski definition) is 6. The maximum Gasteiger partial charge on any atom is 0.243 e. The number of carbonyl (C=O) groups excluding carboxylic acids is 1. The fourth-order valence-corrected chi connectivity index (χ4v) is 8.14. The molecule has 3 aromatic rings. The molecule has 206 valence electrons. The van der Waals surface area contributed by atoms with E-state index in [1.165, 1.54) is 38.4 Å². The van der Waals surface area contributed by atoms with Crippen LogP contribution >= 0.6 is 0 Å². The maximum absolute atomic E-state index is 13.9. The topological polar surface area (TPSA) is 98.3 Å². The fraction of sp³-hybridized carbons (Fsp3) is 0.321. The Hall–Kier alpha value is -3.09. The lowest BCUT2D eigenvalue weighted by molar-refractivity contribution is -0.138. The third-order valence-electron chi connectivity index (χ3n) is 7.24. The van der Waals surface area contributed by atoms with Crippen LogP contribution in [0, 0.1) is 0 Å². The van der Waals surface area contributed by atoms with E-state index in [1.54, 1.807) is 41.3 Å². The summed E-state index contributed by atoms with van der Waals surface area (Å²) < 4.78 is 56.5. The van der Waals surface area contributed by atoms with Crippen LogP contribution in [0.25, 0.3) is 0 Å². The summed E-state index contributed by atoms with van der Waals surface area (Å²) in [5.74, 6) is -0.373. The Labute approximate surface area is 230 Å². The summed E-state index contributed by atoms with van der Waals surface area (Å²) in [4.78, 5) is 18.0. The summed E-state index contributed by atoms with van der Waals surface area (Å²) >= 11 is 0. The normalized spacial score (nSPS) is 20.1. The minimum atomic E-state index is -4.03. The second-order valence-electron chi connectivity index (χ2n) is 9.71. The largest absolute Gasteiger partial charge is 0.339 e. The first-order valence-electron chi connectivity index (χ1n) is 12.9. The SMILES string of the molecule is O=C([C@@H]1CN(S(=O)(=O)c2ccccc2)CCN1S(=O)(=O)c1ccccc1)N1CCN(Cc2ccccc2)CC1. The lowest BCUT2D eigenvalue weighted by Gasteiger charge is -2.42. The molecule has 0 N–H and O–H groups in total. The highest BCUT2D eigenvalue weighted by Gasteiger charge is 2.45. The molecule has 2 fully saturated rings. The minimum absolute atomic E-state index is 0.0437. The summed E-state index contributed by atoms with van der Waals surface area (Å²) in [7, 11) is -7.93. The van der Waals surface area contributed by atoms with E-state index in [0.29, 0.717) is 26.2 Å². The van der Waals surface area contributed by atoms with Crippen LogP contribution in [0.1, 0.15) is 5.56 Å². The molecule has 0 spiro atoms. The van der Waals surface area contributed by atoms with Crippen LogP contribution in [0.4, 0.5) is 0 Å². The smallest absolute Gasteiger partial charge is 0.243 e. The van der Waals surface area contributed by atoms with Crippen LogP contribution in [0.15, 0.2) is 101 Å². The van der Waals surface area contributed by atoms with Gasteiger partial charge in [0.05, 0.1) is 9.79 Å². The first-order chi connectivity index (χ1) is 18.8. The third kappa shape index (κ3) is 5.92. The van der Waals surface area contributed by atoms with E-state index in [-0.39, 0.29) is 35.3 Å². The van der Waals surface area contributed by atoms with E-state index in [2.05, 4.69) is 17.0 Å². The van der Waals surface area contributed by atoms with Gasteiger partial charge in [-0.3, -0.25) is 9.69 Å². The van der Waals surface area contributed by atoms with Crippen LogP contribution < -0.4 is 0 Å². The number of hydrogen-bond donors (Lipinski definition) is 0. The Kier molecular flexibility index (Phi) is 8.15. The first kappa shape index (κ1) is 27.5. The summed E-state index contributed by atoms with van der Waals surface area (Å²) in [6.45, 7) is 2.52. The molecule has 2 aliphatic heterocycles. The lowest BCUT2D eigenvalue weighted by Crippen LogP contribution is -2.63. The predicted octanol–water partition coefficient (Wildman–Crippen LogP) is 2.09. The zero-order valence-electron chi connectivity index (χ0n) is 21.5. The molecule has 1 amide bonds. The Morgan fingerprint density at radius 2 is 1.15 bits per heavy atom. The highest BCUT2D eigenvalue weighted by molar-refractivity contribution is 7.89. The van der Waals surface area contributed by atoms with Crippen molar-refractivity contribution in [3.05, 3.63) is 96.6 Å². The molecule has 5 rings (SSSR count). The van der Waals surface area contributed by atoms with Crippen LogP contribution in [0.5, 0.6) is 0 Å². The quantitative estimate of drug-likeness (QED) is 0.433. The van der Waals surface area contributed by atoms with Gasteiger partial charge < -0.3 is 4.90 Å². The van der Waals surface area contributed by atoms with Crippen molar-refractivity contribution in [1.29, 1.82) is 0 Å². The number of amides is 1. The Balaban J connectivity index is 1.37. The number of nitrogens with zero attached hydrogens (tertiary/aromatic N) is 4. The van der Waals surface area contributed by atoms with Gasteiger partial charge in [-0.25, -0.2) is 16.8 Å². The van der Waals surface area contributed by atoms with Gasteiger partial charge in [0.2, 0.25) is 26.0 Å². The summed E-state index contributed by atoms with van der Waals surface area (Å²) in [5, 5.41) is 0. The number of carbonyl (C=O) groups is 1. The summed E-state index contributed by atoms with van der Waals surface area (Å²) in [5.41, 5.74) is 1.19. The van der Waals surface area contributed by atoms with Crippen LogP contribution in [-0.4, -0.2) is 93.0 Å². The van der Waals surface area contributed by atoms with Crippen molar-refractivity contribution >= 4 is 26.0 Å². The molecule has 3 aromatic carbocycles. The zero-order valence-corrected chi connectivity index (χ0v) is 23.2. The zero-order chi connectivity index (χ0) is 27.5. The van der Waals surface area contributed by atoms with E-state index in [4.69, 9.17) is 0 Å². The Morgan fingerprint density at radius 3 is 1.72 bits per heavy atom. The second kappa shape index (κ2) is 11.6. The monoisotopic (exact) mass is 568 g/mol. The molecule has 11 heteroatoms. The molecule has 2 saturated heterocycles. The van der Waals surface area contributed by atoms with Gasteiger partial charge in [-0.15, -0.1) is 0 Å². The molecule has 2 heterocycles. The molecule has 2 aliphatic rings. The van der Waals surface area contributed by atoms with Gasteiger partial charge >= 0.3 is 0 Å². The molecule has 1 atom stereocenters. The van der Waals surface area contributed by atoms with Gasteiger partial charge in [0, 0.05) is 52.4 Å². The van der Waals surface area contributed by atoms with Crippen molar-refractivity contribution in [3.63, 3.8) is 0 Å². The van der Waals surface area contributed by atoms with Crippen molar-refractivity contribution in [2.24, 2.45) is 0 Å². The molecular formula is C28H32N4O5S2. The van der Waals surface area contributed by atoms with E-state index < -0.39 is 26.1 Å². The van der Waals surface area contributed by atoms with Gasteiger partial charge in [-0.1, -0.05) is 66.7 Å². The van der Waals surface area contributed by atoms with Gasteiger partial charge in [0.25, 0.3) is 0 Å². The van der Waals surface area contributed by atoms with Crippen molar-refractivity contribution < 1.29 is 21.6 Å². The van der Waals surface area contributed by atoms with Crippen molar-refractivity contribution in [2.75, 3.05) is 45.8 Å². The number of piperazine rings is 2. The third-order valence-corrected chi connectivity index (χ3v) is 11.0. The average molecular weight is 569 g/mol. The lowest BCUT2D eigenvalue weighted by atomic mass is 10.1. The predicted molar refractivity (Wildman–Crippen MR) is 148 cm³/mol. The minimum Gasteiger partial charge on any atom is -0.339 e. The first-order valence-corrected chi connectivity index (χ1v) is 15.8. The molecule has 0 radical (unpaired) electrons. The van der Waals surface area contributed by atoms with Crippen LogP contribution in [0.2, 0.25) is 0 Å². The maximum atomic E-state index is 13.9. The van der Waals surface area contributed by atoms with E-state index in [0.717, 1.165) is 6.54 Å². The fourth-order valence-electron chi connectivity index (χ4n) is 5.10. The highest BCUT2D eigenvalue weighted by atomic mass is 32.2. The van der Waals surface area contributed by atoms with E-state index >= 15 is 0 Å². The number of benzene rings is 3. The van der Waals surface area contributed by atoms with E-state index in [9.17, 15) is 21.6 Å². The van der Waals surface area contributed by atoms with Crippen molar-refractivity contribution in [2.45, 2.75) is 22.4 Å². The molecule has 0 aromatic heterocycles. The number of sulfonamides is 2. The molecule has 9 nitrogen and oxygen atoms in total. The van der Waals surface area contributed by atoms with Crippen LogP contribution in [0.3, 0.4) is 0 Å². The van der Waals surface area contributed by atoms with E-state index in [1.807, 2.05) is 18.2 Å². The Morgan fingerprint density at radius 1 is 0.641 bits per heavy atom. The van der Waals surface area contributed by atoms with Gasteiger partial charge in [0.1, 0.15) is 6.04 Å². The molecular weight excluding hydrogens is 536 g/mol. The summed E-state index contributed by atoms with van der Waals surface area (Å²) in [6, 6.07) is 24.9. The van der Waals surface area contributed by atoms with Crippen LogP contribution in [-0.2, 0) is 31.4 Å². The summed E-state index contributed by atoms with van der Waals surface area (Å²) in [6.07, 6.45) is 0. The Bertz CT molecular complexity index is 1480. The number of rotatable bonds is 7. The van der Waals surface area contributed by atoms with Gasteiger partial charge in [-0.05, 0) is 29.8 Å². The van der Waals surface area contributed by atoms with Crippen molar-refractivity contribution in [1.82, 2.24) is 18.4 Å². The van der Waals surface area contributed by atoms with Gasteiger partial charge in [-0.2, -0.15) is 8.61 Å². The standard InChI is InChI=1S/C28H32N4O5S2/c33-28(30-18-16-29(17-19-30)22-24-10-4-1-5-11-24)27-23-31(38(34,35)25-12-6-2-7-13-25)20-21-32(27)39(36,37)26-14-8-3-9-15-26/h1-15,27H,16-23H2/t27-/m0/s1. The molecule has 0 saturated carbocycles. The van der Waals surface area contributed by atoms with Gasteiger partial charge in [0.15, 0.2) is 0 Å².